The number of rotatable bonds is 3. The van der Waals surface area contributed by atoms with Crippen LogP contribution in [0.2, 0.25) is 0 Å². The Morgan fingerprint density at radius 1 is 1.35 bits per heavy atom. The minimum Gasteiger partial charge on any atom is -0.426 e. The first-order valence-corrected chi connectivity index (χ1v) is 5.20. The molecule has 2 rings (SSSR count). The highest BCUT2D eigenvalue weighted by Crippen LogP contribution is 2.20. The van der Waals surface area contributed by atoms with Gasteiger partial charge >= 0.3 is 5.97 Å². The van der Waals surface area contributed by atoms with E-state index in [2.05, 4.69) is 9.97 Å². The van der Waals surface area contributed by atoms with Gasteiger partial charge in [-0.15, -0.1) is 0 Å². The fraction of sp³-hybridized carbons (Fsp3) is 0.0769. The molecule has 4 nitrogen and oxygen atoms in total. The molecule has 0 saturated heterocycles. The van der Waals surface area contributed by atoms with Gasteiger partial charge in [0.2, 0.25) is 0 Å². The van der Waals surface area contributed by atoms with E-state index in [9.17, 15) is 4.79 Å². The summed E-state index contributed by atoms with van der Waals surface area (Å²) in [7, 11) is 0. The molecule has 0 bridgehead atoms. The zero-order valence-electron chi connectivity index (χ0n) is 9.38. The fourth-order valence-electron chi connectivity index (χ4n) is 1.40. The molecule has 0 aliphatic rings. The number of esters is 1. The minimum absolute atomic E-state index is 0.330. The van der Waals surface area contributed by atoms with Crippen LogP contribution in [-0.2, 0) is 4.79 Å². The average Bonchev–Trinajstić information content (AvgIpc) is 2.80. The molecule has 0 spiro atoms. The van der Waals surface area contributed by atoms with Crippen LogP contribution in [0.25, 0.3) is 12.2 Å². The number of H-pyrrole nitrogens is 1. The van der Waals surface area contributed by atoms with Crippen molar-refractivity contribution in [3.8, 4) is 5.75 Å². The molecule has 1 N–H and O–H groups in total. The first kappa shape index (κ1) is 11.1. The van der Waals surface area contributed by atoms with Gasteiger partial charge < -0.3 is 9.72 Å². The summed E-state index contributed by atoms with van der Waals surface area (Å²) in [5.74, 6) is 0.967. The summed E-state index contributed by atoms with van der Waals surface area (Å²) in [6.45, 7) is 1.38. The van der Waals surface area contributed by atoms with Gasteiger partial charge in [-0.25, -0.2) is 4.98 Å². The van der Waals surface area contributed by atoms with Gasteiger partial charge in [0.1, 0.15) is 11.6 Å². The van der Waals surface area contributed by atoms with Crippen LogP contribution in [-0.4, -0.2) is 15.9 Å². The van der Waals surface area contributed by atoms with Crippen molar-refractivity contribution in [3.63, 3.8) is 0 Å². The molecule has 0 unspecified atom stereocenters. The van der Waals surface area contributed by atoms with E-state index >= 15 is 0 Å². The number of para-hydroxylation sites is 1. The molecular formula is C13H12N2O2. The van der Waals surface area contributed by atoms with Crippen LogP contribution >= 0.6 is 0 Å². The number of imidazole rings is 1. The summed E-state index contributed by atoms with van der Waals surface area (Å²) in [4.78, 5) is 18.0. The number of hydrogen-bond acceptors (Lipinski definition) is 3. The SMILES string of the molecule is CC(=O)Oc1ccccc1/C=C/c1ncc[nH]1. The van der Waals surface area contributed by atoms with E-state index in [4.69, 9.17) is 4.74 Å². The number of benzene rings is 1. The lowest BCUT2D eigenvalue weighted by molar-refractivity contribution is -0.131. The highest BCUT2D eigenvalue weighted by molar-refractivity contribution is 5.75. The summed E-state index contributed by atoms with van der Waals surface area (Å²) in [6, 6.07) is 7.33. The Balaban J connectivity index is 2.23. The summed E-state index contributed by atoms with van der Waals surface area (Å²) in [5, 5.41) is 0. The molecule has 0 aliphatic carbocycles. The number of nitrogens with zero attached hydrogens (tertiary/aromatic N) is 1. The molecule has 0 atom stereocenters. The number of hydrogen-bond donors (Lipinski definition) is 1. The molecule has 4 heteroatoms. The average molecular weight is 228 g/mol. The monoisotopic (exact) mass is 228 g/mol. The minimum atomic E-state index is -0.330. The van der Waals surface area contributed by atoms with Crippen LogP contribution in [0.1, 0.15) is 18.3 Å². The van der Waals surface area contributed by atoms with E-state index in [0.29, 0.717) is 5.75 Å². The highest BCUT2D eigenvalue weighted by atomic mass is 16.5. The topological polar surface area (TPSA) is 55.0 Å². The first-order valence-electron chi connectivity index (χ1n) is 5.20. The van der Waals surface area contributed by atoms with Crippen LogP contribution in [0.4, 0.5) is 0 Å². The van der Waals surface area contributed by atoms with Gasteiger partial charge in [0.25, 0.3) is 0 Å². The summed E-state index contributed by atoms with van der Waals surface area (Å²) >= 11 is 0. The second-order valence-electron chi connectivity index (χ2n) is 3.44. The third kappa shape index (κ3) is 3.04. The fourth-order valence-corrected chi connectivity index (χ4v) is 1.40. The molecule has 0 radical (unpaired) electrons. The van der Waals surface area contributed by atoms with Gasteiger partial charge in [0.15, 0.2) is 0 Å². The van der Waals surface area contributed by atoms with Gasteiger partial charge in [-0.1, -0.05) is 18.2 Å². The summed E-state index contributed by atoms with van der Waals surface area (Å²) in [5.41, 5.74) is 0.833. The molecule has 1 aromatic carbocycles. The lowest BCUT2D eigenvalue weighted by Gasteiger charge is -2.04. The second kappa shape index (κ2) is 5.12. The largest absolute Gasteiger partial charge is 0.426 e. The maximum Gasteiger partial charge on any atom is 0.308 e. The number of carbonyl (C=O) groups excluding carboxylic acids is 1. The van der Waals surface area contributed by atoms with Crippen molar-refractivity contribution in [3.05, 3.63) is 48.0 Å². The number of aromatic amines is 1. The van der Waals surface area contributed by atoms with Crippen molar-refractivity contribution in [2.45, 2.75) is 6.92 Å². The summed E-state index contributed by atoms with van der Waals surface area (Å²) in [6.07, 6.45) is 7.09. The summed E-state index contributed by atoms with van der Waals surface area (Å²) < 4.78 is 5.09. The quantitative estimate of drug-likeness (QED) is 0.648. The van der Waals surface area contributed by atoms with Crippen LogP contribution in [0, 0.1) is 0 Å². The first-order chi connectivity index (χ1) is 8.25. The standard InChI is InChI=1S/C13H12N2O2/c1-10(16)17-12-5-3-2-4-11(12)6-7-13-14-8-9-15-13/h2-9H,1H3,(H,14,15)/b7-6+. The van der Waals surface area contributed by atoms with Gasteiger partial charge in [-0.05, 0) is 18.2 Å². The van der Waals surface area contributed by atoms with Gasteiger partial charge in [-0.3, -0.25) is 4.79 Å². The zero-order chi connectivity index (χ0) is 12.1. The van der Waals surface area contributed by atoms with E-state index in [1.807, 2.05) is 30.4 Å². The van der Waals surface area contributed by atoms with Gasteiger partial charge in [0, 0.05) is 24.9 Å². The lowest BCUT2D eigenvalue weighted by atomic mass is 10.2. The van der Waals surface area contributed by atoms with Crippen LogP contribution in [0.3, 0.4) is 0 Å². The van der Waals surface area contributed by atoms with Crippen molar-refractivity contribution < 1.29 is 9.53 Å². The predicted octanol–water partition coefficient (Wildman–Crippen LogP) is 2.51. The zero-order valence-corrected chi connectivity index (χ0v) is 9.38. The molecule has 0 aliphatic heterocycles. The van der Waals surface area contributed by atoms with Gasteiger partial charge in [0.05, 0.1) is 0 Å². The Bertz CT molecular complexity index is 530. The number of ether oxygens (including phenoxy) is 1. The van der Waals surface area contributed by atoms with Crippen molar-refractivity contribution in [2.75, 3.05) is 0 Å². The lowest BCUT2D eigenvalue weighted by Crippen LogP contribution is -2.02. The van der Waals surface area contributed by atoms with E-state index in [0.717, 1.165) is 11.4 Å². The predicted molar refractivity (Wildman–Crippen MR) is 65.3 cm³/mol. The van der Waals surface area contributed by atoms with E-state index in [1.165, 1.54) is 6.92 Å². The van der Waals surface area contributed by atoms with E-state index < -0.39 is 0 Å². The molecule has 2 aromatic rings. The third-order valence-electron chi connectivity index (χ3n) is 2.11. The highest BCUT2D eigenvalue weighted by Gasteiger charge is 2.02. The van der Waals surface area contributed by atoms with E-state index in [-0.39, 0.29) is 5.97 Å². The van der Waals surface area contributed by atoms with Crippen LogP contribution in [0.5, 0.6) is 5.75 Å². The Kier molecular flexibility index (Phi) is 3.35. The Hall–Kier alpha value is -2.36. The van der Waals surface area contributed by atoms with Crippen molar-refractivity contribution >= 4 is 18.1 Å². The van der Waals surface area contributed by atoms with Crippen molar-refractivity contribution in [1.82, 2.24) is 9.97 Å². The Morgan fingerprint density at radius 2 is 2.18 bits per heavy atom. The number of aromatic nitrogens is 2. The maximum atomic E-state index is 10.9. The Morgan fingerprint density at radius 3 is 2.88 bits per heavy atom. The van der Waals surface area contributed by atoms with E-state index in [1.54, 1.807) is 18.5 Å². The third-order valence-corrected chi connectivity index (χ3v) is 2.11. The Labute approximate surface area is 99.0 Å². The van der Waals surface area contributed by atoms with Crippen molar-refractivity contribution in [1.29, 1.82) is 0 Å². The molecule has 1 heterocycles. The molecular weight excluding hydrogens is 216 g/mol. The molecule has 17 heavy (non-hydrogen) atoms. The second-order valence-corrected chi connectivity index (χ2v) is 3.44. The number of carbonyl (C=O) groups is 1. The maximum absolute atomic E-state index is 10.9. The molecule has 1 aromatic heterocycles. The van der Waals surface area contributed by atoms with Crippen LogP contribution < -0.4 is 4.74 Å². The van der Waals surface area contributed by atoms with Crippen LogP contribution in [0.15, 0.2) is 36.7 Å². The van der Waals surface area contributed by atoms with Crippen molar-refractivity contribution in [2.24, 2.45) is 0 Å². The normalized spacial score (nSPS) is 10.6. The molecule has 86 valence electrons. The smallest absolute Gasteiger partial charge is 0.308 e. The molecule has 0 amide bonds. The number of nitrogens with one attached hydrogen (secondary N) is 1. The molecule has 0 fully saturated rings. The molecule has 0 saturated carbocycles. The van der Waals surface area contributed by atoms with Gasteiger partial charge in [-0.2, -0.15) is 0 Å².